The van der Waals surface area contributed by atoms with Crippen molar-refractivity contribution in [1.29, 1.82) is 0 Å². The number of benzene rings is 1. The third-order valence-corrected chi connectivity index (χ3v) is 5.13. The molecule has 2 heteroatoms. The maximum absolute atomic E-state index is 3.58. The van der Waals surface area contributed by atoms with E-state index in [9.17, 15) is 0 Å². The Labute approximate surface area is 129 Å². The van der Waals surface area contributed by atoms with Crippen LogP contribution in [0.4, 0.5) is 0 Å². The number of nitrogens with zero attached hydrogens (tertiary/aromatic N) is 1. The smallest absolute Gasteiger partial charge is 0.0348 e. The molecule has 116 valence electrons. The van der Waals surface area contributed by atoms with Crippen molar-refractivity contribution >= 4 is 0 Å². The average molecular weight is 286 g/mol. The second-order valence-electron chi connectivity index (χ2n) is 6.98. The molecule has 0 spiro atoms. The predicted octanol–water partition coefficient (Wildman–Crippen LogP) is 3.91. The first-order valence-electron chi connectivity index (χ1n) is 8.81. The standard InChI is InChI=1S/C19H30N2/c1-3-19(17-8-6-15(2)7-9-17)21(18-10-11-18)14-16-5-4-12-20-13-16/h6-9,16,18-20H,3-5,10-14H2,1-2H3. The quantitative estimate of drug-likeness (QED) is 0.853. The molecule has 0 radical (unpaired) electrons. The lowest BCUT2D eigenvalue weighted by Crippen LogP contribution is -2.40. The molecule has 1 aromatic rings. The molecule has 1 aliphatic heterocycles. The van der Waals surface area contributed by atoms with Crippen molar-refractivity contribution in [2.75, 3.05) is 19.6 Å². The van der Waals surface area contributed by atoms with Crippen molar-refractivity contribution in [3.05, 3.63) is 35.4 Å². The molecule has 2 unspecified atom stereocenters. The molecule has 1 aliphatic carbocycles. The second kappa shape index (κ2) is 6.93. The number of hydrogen-bond donors (Lipinski definition) is 1. The fourth-order valence-electron chi connectivity index (χ4n) is 3.77. The van der Waals surface area contributed by atoms with Crippen LogP contribution >= 0.6 is 0 Å². The number of nitrogens with one attached hydrogen (secondary N) is 1. The van der Waals surface area contributed by atoms with E-state index in [2.05, 4.69) is 48.3 Å². The Bertz CT molecular complexity index is 429. The highest BCUT2D eigenvalue weighted by Gasteiger charge is 2.35. The molecule has 2 nitrogen and oxygen atoms in total. The van der Waals surface area contributed by atoms with Gasteiger partial charge in [0.1, 0.15) is 0 Å². The molecule has 1 saturated carbocycles. The Hall–Kier alpha value is -0.860. The lowest BCUT2D eigenvalue weighted by atomic mass is 9.95. The van der Waals surface area contributed by atoms with Gasteiger partial charge in [0, 0.05) is 18.6 Å². The van der Waals surface area contributed by atoms with Gasteiger partial charge in [-0.15, -0.1) is 0 Å². The first-order chi connectivity index (χ1) is 10.3. The summed E-state index contributed by atoms with van der Waals surface area (Å²) in [5, 5.41) is 3.58. The monoisotopic (exact) mass is 286 g/mol. The topological polar surface area (TPSA) is 15.3 Å². The maximum atomic E-state index is 3.58. The van der Waals surface area contributed by atoms with E-state index in [1.807, 2.05) is 0 Å². The third kappa shape index (κ3) is 3.87. The lowest BCUT2D eigenvalue weighted by Gasteiger charge is -2.36. The largest absolute Gasteiger partial charge is 0.316 e. The summed E-state index contributed by atoms with van der Waals surface area (Å²) in [6.07, 6.45) is 6.79. The Morgan fingerprint density at radius 3 is 2.52 bits per heavy atom. The van der Waals surface area contributed by atoms with Gasteiger partial charge in [-0.05, 0) is 63.6 Å². The fourth-order valence-corrected chi connectivity index (χ4v) is 3.77. The molecule has 1 heterocycles. The number of aryl methyl sites for hydroxylation is 1. The van der Waals surface area contributed by atoms with Gasteiger partial charge in [0.25, 0.3) is 0 Å². The van der Waals surface area contributed by atoms with Gasteiger partial charge < -0.3 is 5.32 Å². The predicted molar refractivity (Wildman–Crippen MR) is 89.5 cm³/mol. The van der Waals surface area contributed by atoms with Crippen molar-refractivity contribution in [2.24, 2.45) is 5.92 Å². The molecule has 1 aromatic carbocycles. The Morgan fingerprint density at radius 2 is 1.95 bits per heavy atom. The number of piperidine rings is 1. The fraction of sp³-hybridized carbons (Fsp3) is 0.684. The molecular weight excluding hydrogens is 256 g/mol. The van der Waals surface area contributed by atoms with Gasteiger partial charge in [0.15, 0.2) is 0 Å². The van der Waals surface area contributed by atoms with Gasteiger partial charge in [0.05, 0.1) is 0 Å². The number of rotatable bonds is 6. The van der Waals surface area contributed by atoms with Crippen molar-refractivity contribution in [3.8, 4) is 0 Å². The van der Waals surface area contributed by atoms with Crippen LogP contribution in [0.1, 0.15) is 56.2 Å². The van der Waals surface area contributed by atoms with E-state index in [0.29, 0.717) is 6.04 Å². The van der Waals surface area contributed by atoms with E-state index in [0.717, 1.165) is 12.0 Å². The van der Waals surface area contributed by atoms with Gasteiger partial charge in [0.2, 0.25) is 0 Å². The summed E-state index contributed by atoms with van der Waals surface area (Å²) in [5.74, 6) is 0.846. The summed E-state index contributed by atoms with van der Waals surface area (Å²) in [6, 6.07) is 10.7. The molecule has 1 N–H and O–H groups in total. The first-order valence-corrected chi connectivity index (χ1v) is 8.81. The van der Waals surface area contributed by atoms with Gasteiger partial charge in [-0.25, -0.2) is 0 Å². The summed E-state index contributed by atoms with van der Waals surface area (Å²) in [4.78, 5) is 2.82. The van der Waals surface area contributed by atoms with Crippen molar-refractivity contribution in [1.82, 2.24) is 10.2 Å². The summed E-state index contributed by atoms with van der Waals surface area (Å²) in [7, 11) is 0. The molecule has 0 amide bonds. The van der Waals surface area contributed by atoms with Crippen molar-refractivity contribution in [3.63, 3.8) is 0 Å². The molecule has 21 heavy (non-hydrogen) atoms. The van der Waals surface area contributed by atoms with Crippen molar-refractivity contribution < 1.29 is 0 Å². The highest BCUT2D eigenvalue weighted by atomic mass is 15.2. The third-order valence-electron chi connectivity index (χ3n) is 5.13. The molecule has 2 aliphatic rings. The second-order valence-corrected chi connectivity index (χ2v) is 6.98. The van der Waals surface area contributed by atoms with Gasteiger partial charge >= 0.3 is 0 Å². The summed E-state index contributed by atoms with van der Waals surface area (Å²) >= 11 is 0. The highest BCUT2D eigenvalue weighted by Crippen LogP contribution is 2.37. The van der Waals surface area contributed by atoms with E-state index in [-0.39, 0.29) is 0 Å². The van der Waals surface area contributed by atoms with Crippen LogP contribution in [-0.2, 0) is 0 Å². The van der Waals surface area contributed by atoms with Crippen LogP contribution in [0.5, 0.6) is 0 Å². The molecule has 0 aromatic heterocycles. The Kier molecular flexibility index (Phi) is 4.97. The van der Waals surface area contributed by atoms with E-state index >= 15 is 0 Å². The summed E-state index contributed by atoms with van der Waals surface area (Å²) in [6.45, 7) is 8.24. The van der Waals surface area contributed by atoms with Crippen LogP contribution in [-0.4, -0.2) is 30.6 Å². The highest BCUT2D eigenvalue weighted by molar-refractivity contribution is 5.24. The van der Waals surface area contributed by atoms with E-state index < -0.39 is 0 Å². The van der Waals surface area contributed by atoms with Crippen LogP contribution < -0.4 is 5.32 Å². The molecule has 1 saturated heterocycles. The molecule has 3 rings (SSSR count). The zero-order valence-electron chi connectivity index (χ0n) is 13.6. The van der Waals surface area contributed by atoms with Gasteiger partial charge in [-0.3, -0.25) is 4.90 Å². The zero-order valence-corrected chi connectivity index (χ0v) is 13.6. The summed E-state index contributed by atoms with van der Waals surface area (Å²) in [5.41, 5.74) is 2.88. The average Bonchev–Trinajstić information content (AvgIpc) is 3.34. The normalized spacial score (nSPS) is 24.2. The van der Waals surface area contributed by atoms with Crippen LogP contribution in [0.15, 0.2) is 24.3 Å². The minimum absolute atomic E-state index is 0.611. The Balaban J connectivity index is 1.72. The van der Waals surface area contributed by atoms with Crippen LogP contribution in [0.2, 0.25) is 0 Å². The van der Waals surface area contributed by atoms with Gasteiger partial charge in [-0.1, -0.05) is 36.8 Å². The minimum Gasteiger partial charge on any atom is -0.316 e. The first kappa shape index (κ1) is 15.1. The van der Waals surface area contributed by atoms with Gasteiger partial charge in [-0.2, -0.15) is 0 Å². The maximum Gasteiger partial charge on any atom is 0.0348 e. The number of hydrogen-bond acceptors (Lipinski definition) is 2. The molecular formula is C19H30N2. The SMILES string of the molecule is CCC(c1ccc(C)cc1)N(CC1CCCNC1)C1CC1. The lowest BCUT2D eigenvalue weighted by molar-refractivity contribution is 0.140. The van der Waals surface area contributed by atoms with Crippen LogP contribution in [0.25, 0.3) is 0 Å². The van der Waals surface area contributed by atoms with E-state index in [1.54, 1.807) is 0 Å². The van der Waals surface area contributed by atoms with E-state index in [1.165, 1.54) is 62.9 Å². The Morgan fingerprint density at radius 1 is 1.19 bits per heavy atom. The molecule has 2 fully saturated rings. The minimum atomic E-state index is 0.611. The molecule has 2 atom stereocenters. The van der Waals surface area contributed by atoms with E-state index in [4.69, 9.17) is 0 Å². The molecule has 0 bridgehead atoms. The van der Waals surface area contributed by atoms with Crippen LogP contribution in [0.3, 0.4) is 0 Å². The summed E-state index contributed by atoms with van der Waals surface area (Å²) < 4.78 is 0. The van der Waals surface area contributed by atoms with Crippen molar-refractivity contribution in [2.45, 2.75) is 58.0 Å². The van der Waals surface area contributed by atoms with Crippen LogP contribution in [0, 0.1) is 12.8 Å². The zero-order chi connectivity index (χ0) is 14.7.